The van der Waals surface area contributed by atoms with Crippen molar-refractivity contribution in [1.82, 2.24) is 0 Å². The van der Waals surface area contributed by atoms with E-state index < -0.39 is 4.92 Å². The van der Waals surface area contributed by atoms with E-state index in [1.165, 1.54) is 18.2 Å². The van der Waals surface area contributed by atoms with Crippen molar-refractivity contribution in [1.29, 1.82) is 0 Å². The molecule has 2 aromatic rings. The minimum atomic E-state index is -0.597. The Kier molecular flexibility index (Phi) is 4.39. The minimum Gasteiger partial charge on any atom is -0.449 e. The molecule has 0 fully saturated rings. The van der Waals surface area contributed by atoms with Crippen molar-refractivity contribution in [3.05, 3.63) is 62.6 Å². The quantitative estimate of drug-likeness (QED) is 0.288. The Morgan fingerprint density at radius 2 is 2.00 bits per heavy atom. The van der Waals surface area contributed by atoms with E-state index in [4.69, 9.17) is 15.7 Å². The van der Waals surface area contributed by atoms with Crippen molar-refractivity contribution in [3.8, 4) is 11.5 Å². The number of nitrogens with two attached hydrogens (primary N) is 1. The normalized spacial score (nSPS) is 11.2. The van der Waals surface area contributed by atoms with Gasteiger partial charge in [0.25, 0.3) is 0 Å². The molecule has 0 aliphatic rings. The van der Waals surface area contributed by atoms with E-state index in [0.29, 0.717) is 10.2 Å². The standard InChI is InChI=1S/C13H10BrN3O4/c14-9-3-1-2-4-11(9)21-12-6-5-8(13(15)16-18)7-10(12)17(19)20/h1-7,18H,(H2,15,16). The Hall–Kier alpha value is -2.61. The van der Waals surface area contributed by atoms with E-state index in [9.17, 15) is 10.1 Å². The van der Waals surface area contributed by atoms with Gasteiger partial charge in [0.1, 0.15) is 5.75 Å². The van der Waals surface area contributed by atoms with Crippen LogP contribution in [0.3, 0.4) is 0 Å². The molecule has 3 N–H and O–H groups in total. The third kappa shape index (κ3) is 3.29. The SMILES string of the molecule is NC(=NO)c1ccc(Oc2ccccc2Br)c([N+](=O)[O-])c1. The third-order valence-corrected chi connectivity index (χ3v) is 3.27. The van der Waals surface area contributed by atoms with Gasteiger partial charge < -0.3 is 15.7 Å². The van der Waals surface area contributed by atoms with Gasteiger partial charge >= 0.3 is 5.69 Å². The number of ether oxygens (including phenoxy) is 1. The van der Waals surface area contributed by atoms with E-state index in [1.54, 1.807) is 24.3 Å². The largest absolute Gasteiger partial charge is 0.449 e. The summed E-state index contributed by atoms with van der Waals surface area (Å²) in [6, 6.07) is 11.0. The number of benzene rings is 2. The van der Waals surface area contributed by atoms with Gasteiger partial charge in [0.2, 0.25) is 5.75 Å². The number of amidine groups is 1. The van der Waals surface area contributed by atoms with E-state index in [2.05, 4.69) is 21.1 Å². The number of rotatable bonds is 4. The molecule has 0 amide bonds. The lowest BCUT2D eigenvalue weighted by atomic mass is 10.1. The number of halogens is 1. The van der Waals surface area contributed by atoms with Gasteiger partial charge in [0.05, 0.1) is 9.40 Å². The van der Waals surface area contributed by atoms with E-state index >= 15 is 0 Å². The zero-order valence-corrected chi connectivity index (χ0v) is 12.1. The van der Waals surface area contributed by atoms with Crippen molar-refractivity contribution in [2.45, 2.75) is 0 Å². The Labute approximate surface area is 127 Å². The first kappa shape index (κ1) is 14.8. The van der Waals surface area contributed by atoms with Gasteiger partial charge in [-0.2, -0.15) is 0 Å². The molecule has 0 aliphatic carbocycles. The van der Waals surface area contributed by atoms with Gasteiger partial charge in [-0.15, -0.1) is 0 Å². The summed E-state index contributed by atoms with van der Waals surface area (Å²) < 4.78 is 6.20. The monoisotopic (exact) mass is 351 g/mol. The van der Waals surface area contributed by atoms with Crippen LogP contribution in [0, 0.1) is 10.1 Å². The summed E-state index contributed by atoms with van der Waals surface area (Å²) in [5.41, 5.74) is 5.36. The summed E-state index contributed by atoms with van der Waals surface area (Å²) in [4.78, 5) is 10.5. The molecule has 2 aromatic carbocycles. The molecule has 0 bridgehead atoms. The maximum atomic E-state index is 11.1. The number of nitro groups is 1. The lowest BCUT2D eigenvalue weighted by molar-refractivity contribution is -0.385. The average Bonchev–Trinajstić information content (AvgIpc) is 2.49. The van der Waals surface area contributed by atoms with Gasteiger partial charge in [-0.05, 0) is 40.2 Å². The highest BCUT2D eigenvalue weighted by Gasteiger charge is 2.18. The van der Waals surface area contributed by atoms with Crippen LogP contribution in [0.5, 0.6) is 11.5 Å². The number of oxime groups is 1. The molecular weight excluding hydrogens is 342 g/mol. The Balaban J connectivity index is 2.44. The maximum Gasteiger partial charge on any atom is 0.312 e. The second-order valence-electron chi connectivity index (χ2n) is 3.96. The Morgan fingerprint density at radius 1 is 1.29 bits per heavy atom. The van der Waals surface area contributed by atoms with Crippen LogP contribution in [0.25, 0.3) is 0 Å². The topological polar surface area (TPSA) is 111 Å². The van der Waals surface area contributed by atoms with E-state index in [1.807, 2.05) is 0 Å². The fourth-order valence-corrected chi connectivity index (χ4v) is 1.98. The van der Waals surface area contributed by atoms with Crippen LogP contribution in [0.15, 0.2) is 52.1 Å². The Bertz CT molecular complexity index is 718. The maximum absolute atomic E-state index is 11.1. The molecule has 2 rings (SSSR count). The zero-order valence-electron chi connectivity index (χ0n) is 10.6. The summed E-state index contributed by atoms with van der Waals surface area (Å²) in [5, 5.41) is 22.6. The lowest BCUT2D eigenvalue weighted by Gasteiger charge is -2.09. The fourth-order valence-electron chi connectivity index (χ4n) is 1.61. The second kappa shape index (κ2) is 6.23. The van der Waals surface area contributed by atoms with Crippen LogP contribution >= 0.6 is 15.9 Å². The van der Waals surface area contributed by atoms with E-state index in [0.717, 1.165) is 0 Å². The molecule has 21 heavy (non-hydrogen) atoms. The summed E-state index contributed by atoms with van der Waals surface area (Å²) >= 11 is 3.30. The molecule has 0 atom stereocenters. The third-order valence-electron chi connectivity index (χ3n) is 2.62. The van der Waals surface area contributed by atoms with Crippen molar-refractivity contribution in [3.63, 3.8) is 0 Å². The second-order valence-corrected chi connectivity index (χ2v) is 4.81. The number of hydrogen-bond acceptors (Lipinski definition) is 5. The predicted octanol–water partition coefficient (Wildman–Crippen LogP) is 3.24. The first-order valence-electron chi connectivity index (χ1n) is 5.71. The predicted molar refractivity (Wildman–Crippen MR) is 79.8 cm³/mol. The van der Waals surface area contributed by atoms with Crippen LogP contribution in [0.2, 0.25) is 0 Å². The van der Waals surface area contributed by atoms with Crippen LogP contribution in [0.4, 0.5) is 5.69 Å². The molecule has 0 aliphatic heterocycles. The zero-order chi connectivity index (χ0) is 15.4. The lowest BCUT2D eigenvalue weighted by Crippen LogP contribution is -2.13. The Morgan fingerprint density at radius 3 is 2.62 bits per heavy atom. The summed E-state index contributed by atoms with van der Waals surface area (Å²) in [6.45, 7) is 0. The number of hydrogen-bond donors (Lipinski definition) is 2. The molecular formula is C13H10BrN3O4. The molecule has 0 aromatic heterocycles. The molecule has 8 heteroatoms. The molecule has 0 heterocycles. The van der Waals surface area contributed by atoms with Crippen molar-refractivity contribution in [2.24, 2.45) is 10.9 Å². The summed E-state index contributed by atoms with van der Waals surface area (Å²) in [7, 11) is 0. The molecule has 7 nitrogen and oxygen atoms in total. The van der Waals surface area contributed by atoms with Crippen molar-refractivity contribution in [2.75, 3.05) is 0 Å². The van der Waals surface area contributed by atoms with Gasteiger partial charge in [-0.25, -0.2) is 0 Å². The number of para-hydroxylation sites is 1. The minimum absolute atomic E-state index is 0.0568. The average molecular weight is 352 g/mol. The van der Waals surface area contributed by atoms with Crippen molar-refractivity contribution >= 4 is 27.5 Å². The van der Waals surface area contributed by atoms with Gasteiger partial charge in [0, 0.05) is 11.6 Å². The molecule has 108 valence electrons. The summed E-state index contributed by atoms with van der Waals surface area (Å²) in [5.74, 6) is 0.282. The van der Waals surface area contributed by atoms with Gasteiger partial charge in [0.15, 0.2) is 5.84 Å². The van der Waals surface area contributed by atoms with Crippen LogP contribution < -0.4 is 10.5 Å². The number of nitro benzene ring substituents is 1. The molecule has 0 radical (unpaired) electrons. The molecule has 0 unspecified atom stereocenters. The van der Waals surface area contributed by atoms with Crippen LogP contribution in [0.1, 0.15) is 5.56 Å². The van der Waals surface area contributed by atoms with Crippen LogP contribution in [-0.2, 0) is 0 Å². The molecule has 0 spiro atoms. The molecule has 0 saturated heterocycles. The van der Waals surface area contributed by atoms with E-state index in [-0.39, 0.29) is 22.8 Å². The highest BCUT2D eigenvalue weighted by molar-refractivity contribution is 9.10. The smallest absolute Gasteiger partial charge is 0.312 e. The van der Waals surface area contributed by atoms with Crippen LogP contribution in [-0.4, -0.2) is 16.0 Å². The molecule has 0 saturated carbocycles. The highest BCUT2D eigenvalue weighted by atomic mass is 79.9. The van der Waals surface area contributed by atoms with Crippen molar-refractivity contribution < 1.29 is 14.9 Å². The number of nitrogens with zero attached hydrogens (tertiary/aromatic N) is 2. The fraction of sp³-hybridized carbons (Fsp3) is 0. The first-order valence-corrected chi connectivity index (χ1v) is 6.51. The highest BCUT2D eigenvalue weighted by Crippen LogP contribution is 2.35. The first-order chi connectivity index (χ1) is 10.0. The summed E-state index contributed by atoms with van der Waals surface area (Å²) in [6.07, 6.45) is 0. The van der Waals surface area contributed by atoms with Gasteiger partial charge in [-0.3, -0.25) is 10.1 Å². The van der Waals surface area contributed by atoms with Gasteiger partial charge in [-0.1, -0.05) is 17.3 Å².